The molecular formula is C20H26O6. The van der Waals surface area contributed by atoms with Crippen molar-refractivity contribution < 1.29 is 29.0 Å². The van der Waals surface area contributed by atoms with Crippen LogP contribution in [-0.4, -0.2) is 41.6 Å². The second-order valence-corrected chi connectivity index (χ2v) is 8.86. The van der Waals surface area contributed by atoms with Gasteiger partial charge in [0, 0.05) is 28.7 Å². The molecule has 0 bridgehead atoms. The van der Waals surface area contributed by atoms with Crippen LogP contribution >= 0.6 is 0 Å². The first kappa shape index (κ1) is 17.7. The number of carbonyl (C=O) groups excluding carboxylic acids is 3. The molecule has 6 nitrogen and oxygen atoms in total. The standard InChI is InChI=1S/C20H26O6/c1-18(7-6-12-8-16(22)25-10-12)14-5-3-4-13-17(23)26-11-20(13,14)9-15(21)19(18,2)24/h4,12,14,24H,3,5-11H2,1-2H3/t12-,14-,18-,19+,20-/m1/s1. The van der Waals surface area contributed by atoms with E-state index in [1.54, 1.807) is 6.92 Å². The molecule has 4 rings (SSSR count). The zero-order valence-corrected chi connectivity index (χ0v) is 15.4. The smallest absolute Gasteiger partial charge is 0.334 e. The molecular weight excluding hydrogens is 336 g/mol. The van der Waals surface area contributed by atoms with Crippen molar-refractivity contribution in [3.05, 3.63) is 11.6 Å². The maximum atomic E-state index is 13.0. The Hall–Kier alpha value is -1.69. The van der Waals surface area contributed by atoms with Gasteiger partial charge in [-0.15, -0.1) is 0 Å². The first-order valence-corrected chi connectivity index (χ1v) is 9.50. The average Bonchev–Trinajstić information content (AvgIpc) is 3.15. The van der Waals surface area contributed by atoms with Crippen molar-refractivity contribution in [3.63, 3.8) is 0 Å². The summed E-state index contributed by atoms with van der Waals surface area (Å²) in [7, 11) is 0. The molecule has 2 heterocycles. The molecule has 0 radical (unpaired) electrons. The molecule has 3 fully saturated rings. The lowest BCUT2D eigenvalue weighted by molar-refractivity contribution is -0.185. The van der Waals surface area contributed by atoms with E-state index in [1.807, 2.05) is 13.0 Å². The first-order chi connectivity index (χ1) is 12.2. The Morgan fingerprint density at radius 3 is 2.69 bits per heavy atom. The zero-order valence-electron chi connectivity index (χ0n) is 15.4. The highest BCUT2D eigenvalue weighted by Gasteiger charge is 2.68. The van der Waals surface area contributed by atoms with Crippen LogP contribution in [0.2, 0.25) is 0 Å². The fraction of sp³-hybridized carbons (Fsp3) is 0.750. The Bertz CT molecular complexity index is 707. The Labute approximate surface area is 152 Å². The fourth-order valence-corrected chi connectivity index (χ4v) is 5.78. The van der Waals surface area contributed by atoms with Crippen molar-refractivity contribution in [1.82, 2.24) is 0 Å². The van der Waals surface area contributed by atoms with E-state index in [-0.39, 0.29) is 42.6 Å². The van der Waals surface area contributed by atoms with Gasteiger partial charge in [-0.1, -0.05) is 13.0 Å². The van der Waals surface area contributed by atoms with Gasteiger partial charge in [0.25, 0.3) is 0 Å². The van der Waals surface area contributed by atoms with Gasteiger partial charge in [-0.3, -0.25) is 9.59 Å². The lowest BCUT2D eigenvalue weighted by Gasteiger charge is -2.58. The average molecular weight is 362 g/mol. The third-order valence-corrected chi connectivity index (χ3v) is 7.60. The van der Waals surface area contributed by atoms with E-state index in [2.05, 4.69) is 0 Å². The molecule has 142 valence electrons. The minimum absolute atomic E-state index is 0.00725. The Balaban J connectivity index is 1.68. The van der Waals surface area contributed by atoms with Crippen molar-refractivity contribution in [3.8, 4) is 0 Å². The maximum absolute atomic E-state index is 13.0. The quantitative estimate of drug-likeness (QED) is 0.772. The predicted molar refractivity (Wildman–Crippen MR) is 90.9 cm³/mol. The number of hydrogen-bond donors (Lipinski definition) is 1. The highest BCUT2D eigenvalue weighted by atomic mass is 16.5. The Kier molecular flexibility index (Phi) is 3.85. The van der Waals surface area contributed by atoms with Crippen molar-refractivity contribution >= 4 is 17.7 Å². The number of allylic oxidation sites excluding steroid dienone is 1. The highest BCUT2D eigenvalue weighted by molar-refractivity contribution is 5.97. The second kappa shape index (κ2) is 5.65. The first-order valence-electron chi connectivity index (χ1n) is 9.50. The van der Waals surface area contributed by atoms with Gasteiger partial charge in [0.2, 0.25) is 0 Å². The van der Waals surface area contributed by atoms with Crippen molar-refractivity contribution in [2.75, 3.05) is 13.2 Å². The van der Waals surface area contributed by atoms with Gasteiger partial charge in [0.1, 0.15) is 12.2 Å². The third-order valence-electron chi connectivity index (χ3n) is 7.60. The minimum atomic E-state index is -1.46. The van der Waals surface area contributed by atoms with Crippen molar-refractivity contribution in [2.45, 2.75) is 58.0 Å². The zero-order chi connectivity index (χ0) is 18.7. The molecule has 1 saturated carbocycles. The monoisotopic (exact) mass is 362 g/mol. The molecule has 4 aliphatic rings. The second-order valence-electron chi connectivity index (χ2n) is 8.86. The van der Waals surface area contributed by atoms with Gasteiger partial charge >= 0.3 is 11.9 Å². The summed E-state index contributed by atoms with van der Waals surface area (Å²) in [6.45, 7) is 4.23. The molecule has 1 spiro atoms. The van der Waals surface area contributed by atoms with E-state index < -0.39 is 16.4 Å². The molecule has 6 heteroatoms. The molecule has 0 aromatic rings. The van der Waals surface area contributed by atoms with E-state index >= 15 is 0 Å². The Morgan fingerprint density at radius 2 is 2.00 bits per heavy atom. The molecule has 2 saturated heterocycles. The molecule has 0 aromatic heterocycles. The molecule has 2 aliphatic heterocycles. The lowest BCUT2D eigenvalue weighted by atomic mass is 9.45. The van der Waals surface area contributed by atoms with Crippen LogP contribution in [0.4, 0.5) is 0 Å². The SMILES string of the molecule is C[C@]1(O)C(=O)C[C@@]23COC(=O)C2=CCC[C@@H]3[C@@]1(C)CC[C@H]1COC(=O)C1. The van der Waals surface area contributed by atoms with E-state index in [0.29, 0.717) is 31.4 Å². The van der Waals surface area contributed by atoms with Gasteiger partial charge in [0.05, 0.1) is 13.0 Å². The van der Waals surface area contributed by atoms with Gasteiger partial charge in [-0.05, 0) is 38.5 Å². The molecule has 2 aliphatic carbocycles. The van der Waals surface area contributed by atoms with E-state index in [0.717, 1.165) is 12.8 Å². The maximum Gasteiger partial charge on any atom is 0.334 e. The molecule has 0 unspecified atom stereocenters. The lowest BCUT2D eigenvalue weighted by Crippen LogP contribution is -2.64. The number of Topliss-reactive ketones (excluding diaryl/α,β-unsaturated/α-hetero) is 1. The van der Waals surface area contributed by atoms with E-state index in [4.69, 9.17) is 9.47 Å². The summed E-state index contributed by atoms with van der Waals surface area (Å²) >= 11 is 0. The summed E-state index contributed by atoms with van der Waals surface area (Å²) in [5.74, 6) is -0.599. The summed E-state index contributed by atoms with van der Waals surface area (Å²) < 4.78 is 10.4. The van der Waals surface area contributed by atoms with Crippen LogP contribution in [-0.2, 0) is 23.9 Å². The van der Waals surface area contributed by atoms with Crippen LogP contribution < -0.4 is 0 Å². The minimum Gasteiger partial charge on any atom is -0.465 e. The number of aliphatic hydroxyl groups is 1. The molecule has 0 aromatic carbocycles. The largest absolute Gasteiger partial charge is 0.465 e. The fourth-order valence-electron chi connectivity index (χ4n) is 5.78. The van der Waals surface area contributed by atoms with Crippen molar-refractivity contribution in [2.24, 2.45) is 22.7 Å². The third kappa shape index (κ3) is 2.24. The number of cyclic esters (lactones) is 2. The van der Waals surface area contributed by atoms with Crippen LogP contribution in [0.15, 0.2) is 11.6 Å². The van der Waals surface area contributed by atoms with E-state index in [9.17, 15) is 19.5 Å². The van der Waals surface area contributed by atoms with Crippen LogP contribution in [0.25, 0.3) is 0 Å². The van der Waals surface area contributed by atoms with Crippen LogP contribution in [0.5, 0.6) is 0 Å². The summed E-state index contributed by atoms with van der Waals surface area (Å²) in [5, 5.41) is 11.2. The van der Waals surface area contributed by atoms with Crippen LogP contribution in [0.1, 0.15) is 52.4 Å². The summed E-state index contributed by atoms with van der Waals surface area (Å²) in [4.78, 5) is 36.6. The number of carbonyl (C=O) groups is 3. The van der Waals surface area contributed by atoms with Gasteiger partial charge in [0.15, 0.2) is 5.78 Å². The molecule has 0 amide bonds. The Morgan fingerprint density at radius 1 is 1.23 bits per heavy atom. The molecule has 5 atom stereocenters. The van der Waals surface area contributed by atoms with Gasteiger partial charge < -0.3 is 14.6 Å². The highest BCUT2D eigenvalue weighted by Crippen LogP contribution is 2.64. The van der Waals surface area contributed by atoms with Gasteiger partial charge in [-0.25, -0.2) is 4.79 Å². The summed E-state index contributed by atoms with van der Waals surface area (Å²) in [6.07, 6.45) is 5.37. The van der Waals surface area contributed by atoms with Crippen LogP contribution in [0, 0.1) is 22.7 Å². The summed E-state index contributed by atoms with van der Waals surface area (Å²) in [5.41, 5.74) is -2.11. The predicted octanol–water partition coefficient (Wildman–Crippen LogP) is 1.94. The van der Waals surface area contributed by atoms with E-state index in [1.165, 1.54) is 0 Å². The number of hydrogen-bond acceptors (Lipinski definition) is 6. The normalized spacial score (nSPS) is 44.9. The number of ether oxygens (including phenoxy) is 2. The topological polar surface area (TPSA) is 89.9 Å². The van der Waals surface area contributed by atoms with Crippen molar-refractivity contribution in [1.29, 1.82) is 0 Å². The number of ketones is 1. The molecule has 1 N–H and O–H groups in total. The van der Waals surface area contributed by atoms with Crippen LogP contribution in [0.3, 0.4) is 0 Å². The number of rotatable bonds is 3. The van der Waals surface area contributed by atoms with Gasteiger partial charge in [-0.2, -0.15) is 0 Å². The summed E-state index contributed by atoms with van der Waals surface area (Å²) in [6, 6.07) is 0. The number of esters is 2. The molecule has 26 heavy (non-hydrogen) atoms.